The SMILES string of the molecule is Cc1noc(C)c1C(=O)Nc1ccc2c(c1)S(=O)(=O)N(c1ccc(C(F)(F)F)cc1)CCO2. The molecule has 33 heavy (non-hydrogen) atoms. The first-order chi connectivity index (χ1) is 15.5. The fourth-order valence-electron chi connectivity index (χ4n) is 3.47. The Kier molecular flexibility index (Phi) is 5.56. The maximum atomic E-state index is 13.4. The van der Waals surface area contributed by atoms with Crippen molar-refractivity contribution < 1.29 is 35.6 Å². The average Bonchev–Trinajstić information content (AvgIpc) is 3.02. The first-order valence-electron chi connectivity index (χ1n) is 9.69. The molecule has 1 aromatic heterocycles. The molecule has 0 fully saturated rings. The van der Waals surface area contributed by atoms with Gasteiger partial charge in [0.05, 0.1) is 23.5 Å². The Balaban J connectivity index is 1.68. The third-order valence-corrected chi connectivity index (χ3v) is 6.91. The van der Waals surface area contributed by atoms with Gasteiger partial charge >= 0.3 is 6.18 Å². The second-order valence-corrected chi connectivity index (χ2v) is 9.12. The molecule has 0 saturated heterocycles. The Morgan fingerprint density at radius 2 is 1.82 bits per heavy atom. The number of amides is 1. The number of benzene rings is 2. The van der Waals surface area contributed by atoms with E-state index in [1.165, 1.54) is 18.2 Å². The predicted octanol–water partition coefficient (Wildman–Crippen LogP) is 4.15. The normalized spacial score (nSPS) is 15.4. The lowest BCUT2D eigenvalue weighted by Crippen LogP contribution is -2.32. The minimum Gasteiger partial charge on any atom is -0.490 e. The smallest absolute Gasteiger partial charge is 0.416 e. The fraction of sp³-hybridized carbons (Fsp3) is 0.238. The number of rotatable bonds is 3. The van der Waals surface area contributed by atoms with E-state index in [-0.39, 0.29) is 40.7 Å². The van der Waals surface area contributed by atoms with Gasteiger partial charge in [0, 0.05) is 5.69 Å². The van der Waals surface area contributed by atoms with Crippen molar-refractivity contribution in [3.63, 3.8) is 0 Å². The standard InChI is InChI=1S/C21H18F3N3O5S/c1-12-19(13(2)32-26-12)20(28)25-15-5-8-17-18(11-15)33(29,30)27(9-10-31-17)16-6-3-14(4-7-16)21(22,23)24/h3-8,11H,9-10H2,1-2H3,(H,25,28). The summed E-state index contributed by atoms with van der Waals surface area (Å²) in [7, 11) is -4.20. The molecule has 4 rings (SSSR count). The number of hydrogen-bond acceptors (Lipinski definition) is 6. The molecule has 2 aromatic carbocycles. The van der Waals surface area contributed by atoms with E-state index < -0.39 is 27.7 Å². The van der Waals surface area contributed by atoms with Gasteiger partial charge in [0.2, 0.25) is 0 Å². The number of halogens is 3. The molecule has 174 valence electrons. The average molecular weight is 481 g/mol. The number of hydrogen-bond donors (Lipinski definition) is 1. The first kappa shape index (κ1) is 22.6. The molecule has 0 saturated carbocycles. The number of aryl methyl sites for hydroxylation is 2. The molecule has 8 nitrogen and oxygen atoms in total. The molecule has 2 heterocycles. The Labute approximate surface area is 187 Å². The van der Waals surface area contributed by atoms with Crippen LogP contribution < -0.4 is 14.4 Å². The number of ether oxygens (including phenoxy) is 1. The topological polar surface area (TPSA) is 102 Å². The minimum atomic E-state index is -4.54. The maximum absolute atomic E-state index is 13.4. The lowest BCUT2D eigenvalue weighted by Gasteiger charge is -2.22. The highest BCUT2D eigenvalue weighted by molar-refractivity contribution is 7.93. The summed E-state index contributed by atoms with van der Waals surface area (Å²) in [6.45, 7) is 3.05. The highest BCUT2D eigenvalue weighted by Gasteiger charge is 2.34. The minimum absolute atomic E-state index is 0.0158. The molecule has 12 heteroatoms. The summed E-state index contributed by atoms with van der Waals surface area (Å²) in [4.78, 5) is 12.4. The van der Waals surface area contributed by atoms with E-state index in [1.807, 2.05) is 0 Å². The van der Waals surface area contributed by atoms with Gasteiger partial charge in [0.15, 0.2) is 0 Å². The summed E-state index contributed by atoms with van der Waals surface area (Å²) in [5.41, 5.74) is -0.0381. The molecule has 0 aliphatic carbocycles. The van der Waals surface area contributed by atoms with Gasteiger partial charge in [0.1, 0.15) is 28.6 Å². The summed E-state index contributed by atoms with van der Waals surface area (Å²) >= 11 is 0. The third kappa shape index (κ3) is 4.25. The van der Waals surface area contributed by atoms with Gasteiger partial charge < -0.3 is 14.6 Å². The van der Waals surface area contributed by atoms with E-state index in [0.29, 0.717) is 11.5 Å². The largest absolute Gasteiger partial charge is 0.490 e. The highest BCUT2D eigenvalue weighted by Crippen LogP contribution is 2.36. The number of fused-ring (bicyclic) bond motifs is 1. The van der Waals surface area contributed by atoms with Crippen molar-refractivity contribution in [3.05, 3.63) is 65.0 Å². The molecular weight excluding hydrogens is 463 g/mol. The number of nitrogens with zero attached hydrogens (tertiary/aromatic N) is 2. The van der Waals surface area contributed by atoms with Crippen LogP contribution in [0.2, 0.25) is 0 Å². The molecule has 0 atom stereocenters. The molecule has 0 spiro atoms. The van der Waals surface area contributed by atoms with Crippen LogP contribution in [0, 0.1) is 13.8 Å². The van der Waals surface area contributed by atoms with E-state index in [0.717, 1.165) is 28.6 Å². The number of carbonyl (C=O) groups is 1. The van der Waals surface area contributed by atoms with E-state index in [2.05, 4.69) is 10.5 Å². The van der Waals surface area contributed by atoms with Gasteiger partial charge in [-0.1, -0.05) is 5.16 Å². The van der Waals surface area contributed by atoms with Gasteiger partial charge in [-0.05, 0) is 56.3 Å². The van der Waals surface area contributed by atoms with Gasteiger partial charge in [0.25, 0.3) is 15.9 Å². The van der Waals surface area contributed by atoms with Crippen LogP contribution in [0.4, 0.5) is 24.5 Å². The Morgan fingerprint density at radius 3 is 2.42 bits per heavy atom. The van der Waals surface area contributed by atoms with Crippen molar-refractivity contribution in [2.75, 3.05) is 22.8 Å². The van der Waals surface area contributed by atoms with E-state index >= 15 is 0 Å². The Hall–Kier alpha value is -3.54. The van der Waals surface area contributed by atoms with Crippen molar-refractivity contribution in [1.29, 1.82) is 0 Å². The molecule has 1 aliphatic heterocycles. The zero-order chi connectivity index (χ0) is 24.0. The molecule has 1 amide bonds. The van der Waals surface area contributed by atoms with E-state index in [1.54, 1.807) is 13.8 Å². The number of carbonyl (C=O) groups excluding carboxylic acids is 1. The van der Waals surface area contributed by atoms with Crippen LogP contribution in [0.15, 0.2) is 51.9 Å². The number of aromatic nitrogens is 1. The fourth-order valence-corrected chi connectivity index (χ4v) is 5.08. The molecule has 3 aromatic rings. The van der Waals surface area contributed by atoms with Gasteiger partial charge in [-0.25, -0.2) is 8.42 Å². The van der Waals surface area contributed by atoms with Gasteiger partial charge in [-0.3, -0.25) is 9.10 Å². The van der Waals surface area contributed by atoms with Crippen LogP contribution in [0.3, 0.4) is 0 Å². The number of anilines is 2. The van der Waals surface area contributed by atoms with Crippen molar-refractivity contribution in [2.24, 2.45) is 0 Å². The number of sulfonamides is 1. The van der Waals surface area contributed by atoms with Crippen LogP contribution in [-0.4, -0.2) is 32.6 Å². The molecular formula is C21H18F3N3O5S. The van der Waals surface area contributed by atoms with Crippen LogP contribution in [0.25, 0.3) is 0 Å². The monoisotopic (exact) mass is 481 g/mol. The van der Waals surface area contributed by atoms with Crippen LogP contribution in [0.1, 0.15) is 27.4 Å². The Morgan fingerprint density at radius 1 is 1.12 bits per heavy atom. The zero-order valence-corrected chi connectivity index (χ0v) is 18.2. The zero-order valence-electron chi connectivity index (χ0n) is 17.4. The van der Waals surface area contributed by atoms with Crippen molar-refractivity contribution in [2.45, 2.75) is 24.9 Å². The van der Waals surface area contributed by atoms with Crippen molar-refractivity contribution in [1.82, 2.24) is 5.16 Å². The second kappa shape index (κ2) is 8.10. The Bertz CT molecular complexity index is 1300. The lowest BCUT2D eigenvalue weighted by molar-refractivity contribution is -0.137. The maximum Gasteiger partial charge on any atom is 0.416 e. The predicted molar refractivity (Wildman–Crippen MR) is 112 cm³/mol. The van der Waals surface area contributed by atoms with Crippen LogP contribution in [-0.2, 0) is 16.2 Å². The second-order valence-electron chi connectivity index (χ2n) is 7.29. The molecule has 0 unspecified atom stereocenters. The van der Waals surface area contributed by atoms with Gasteiger partial charge in [-0.15, -0.1) is 0 Å². The van der Waals surface area contributed by atoms with Gasteiger partial charge in [-0.2, -0.15) is 13.2 Å². The third-order valence-electron chi connectivity index (χ3n) is 5.06. The summed E-state index contributed by atoms with van der Waals surface area (Å²) in [5, 5.41) is 6.33. The first-order valence-corrected chi connectivity index (χ1v) is 11.1. The number of alkyl halides is 3. The number of nitrogens with one attached hydrogen (secondary N) is 1. The van der Waals surface area contributed by atoms with Crippen molar-refractivity contribution >= 4 is 27.3 Å². The molecule has 0 bridgehead atoms. The molecule has 1 aliphatic rings. The summed E-state index contributed by atoms with van der Waals surface area (Å²) in [5.74, 6) is -0.151. The van der Waals surface area contributed by atoms with Crippen molar-refractivity contribution in [3.8, 4) is 5.75 Å². The van der Waals surface area contributed by atoms with E-state index in [9.17, 15) is 26.4 Å². The van der Waals surface area contributed by atoms with Crippen LogP contribution in [0.5, 0.6) is 5.75 Å². The molecule has 1 N–H and O–H groups in total. The highest BCUT2D eigenvalue weighted by atomic mass is 32.2. The van der Waals surface area contributed by atoms with E-state index in [4.69, 9.17) is 9.26 Å². The quantitative estimate of drug-likeness (QED) is 0.603. The lowest BCUT2D eigenvalue weighted by atomic mass is 10.2. The van der Waals surface area contributed by atoms with Crippen LogP contribution >= 0.6 is 0 Å². The summed E-state index contributed by atoms with van der Waals surface area (Å²) < 4.78 is 76.9. The summed E-state index contributed by atoms with van der Waals surface area (Å²) in [6.07, 6.45) is -4.54. The molecule has 0 radical (unpaired) electrons. The summed E-state index contributed by atoms with van der Waals surface area (Å²) in [6, 6.07) is 7.95.